The van der Waals surface area contributed by atoms with Crippen molar-refractivity contribution in [2.75, 3.05) is 13.7 Å². The van der Waals surface area contributed by atoms with Gasteiger partial charge >= 0.3 is 0 Å². The van der Waals surface area contributed by atoms with Crippen molar-refractivity contribution in [2.45, 2.75) is 13.3 Å². The van der Waals surface area contributed by atoms with Crippen LogP contribution in [0.1, 0.15) is 19.0 Å². The maximum atomic E-state index is 13.2. The first-order valence-electron chi connectivity index (χ1n) is 10.4. The summed E-state index contributed by atoms with van der Waals surface area (Å²) in [6, 6.07) is 17.4. The SMILES string of the molecule is CCCN1C(=O)C(=Cc2cccn2-c2cccc([N+](=O)[O-])c2)SC1=Nc1ccc(OC)cc1. The van der Waals surface area contributed by atoms with Gasteiger partial charge < -0.3 is 9.30 Å². The van der Waals surface area contributed by atoms with Gasteiger partial charge in [0.05, 0.1) is 28.3 Å². The number of benzene rings is 2. The molecule has 1 aromatic heterocycles. The molecule has 0 unspecified atom stereocenters. The van der Waals surface area contributed by atoms with Gasteiger partial charge in [-0.3, -0.25) is 19.8 Å². The van der Waals surface area contributed by atoms with Crippen LogP contribution in [0.4, 0.5) is 11.4 Å². The molecule has 0 atom stereocenters. The van der Waals surface area contributed by atoms with Crippen molar-refractivity contribution in [1.29, 1.82) is 0 Å². The van der Waals surface area contributed by atoms with Crippen LogP contribution in [0, 0.1) is 10.1 Å². The number of non-ortho nitro benzene ring substituents is 1. The molecule has 168 valence electrons. The number of rotatable bonds is 7. The zero-order chi connectivity index (χ0) is 23.4. The van der Waals surface area contributed by atoms with Crippen LogP contribution in [0.2, 0.25) is 0 Å². The highest BCUT2D eigenvalue weighted by Gasteiger charge is 2.33. The molecule has 0 bridgehead atoms. The summed E-state index contributed by atoms with van der Waals surface area (Å²) in [5.74, 6) is 0.628. The van der Waals surface area contributed by atoms with E-state index in [2.05, 4.69) is 4.99 Å². The van der Waals surface area contributed by atoms with Gasteiger partial charge in [0.1, 0.15) is 5.75 Å². The van der Waals surface area contributed by atoms with Crippen LogP contribution in [0.3, 0.4) is 0 Å². The van der Waals surface area contributed by atoms with Crippen molar-refractivity contribution in [1.82, 2.24) is 9.47 Å². The van der Waals surface area contributed by atoms with Gasteiger partial charge in [0, 0.05) is 30.6 Å². The number of aliphatic imine (C=N–C) groups is 1. The van der Waals surface area contributed by atoms with Crippen LogP contribution in [-0.4, -0.2) is 39.1 Å². The Bertz CT molecular complexity index is 1250. The van der Waals surface area contributed by atoms with Crippen molar-refractivity contribution in [2.24, 2.45) is 4.99 Å². The summed E-state index contributed by atoms with van der Waals surface area (Å²) < 4.78 is 7.01. The molecule has 1 saturated heterocycles. The minimum absolute atomic E-state index is 0.00847. The standard InChI is InChI=1S/C24H22N4O4S/c1-3-13-27-23(29)22(33-24(27)25-17-9-11-21(32-2)12-10-17)16-19-8-5-14-26(19)18-6-4-7-20(15-18)28(30)31/h4-12,14-16H,3,13H2,1-2H3. The second kappa shape index (κ2) is 9.74. The predicted octanol–water partition coefficient (Wildman–Crippen LogP) is 5.41. The van der Waals surface area contributed by atoms with Crippen molar-refractivity contribution in [3.05, 3.63) is 87.6 Å². The zero-order valence-corrected chi connectivity index (χ0v) is 19.0. The summed E-state index contributed by atoms with van der Waals surface area (Å²) in [4.78, 5) is 30.8. The number of nitrogens with zero attached hydrogens (tertiary/aromatic N) is 4. The fourth-order valence-electron chi connectivity index (χ4n) is 3.42. The Morgan fingerprint density at radius 2 is 1.94 bits per heavy atom. The smallest absolute Gasteiger partial charge is 0.271 e. The quantitative estimate of drug-likeness (QED) is 0.266. The number of methoxy groups -OCH3 is 1. The van der Waals surface area contributed by atoms with Gasteiger partial charge in [-0.1, -0.05) is 13.0 Å². The summed E-state index contributed by atoms with van der Waals surface area (Å²) >= 11 is 1.32. The molecule has 0 aliphatic carbocycles. The van der Waals surface area contributed by atoms with Gasteiger partial charge in [-0.05, 0) is 66.7 Å². The highest BCUT2D eigenvalue weighted by Crippen LogP contribution is 2.35. The molecule has 9 heteroatoms. The molecule has 1 aliphatic heterocycles. The third-order valence-electron chi connectivity index (χ3n) is 5.01. The van der Waals surface area contributed by atoms with E-state index in [1.54, 1.807) is 30.2 Å². The number of amides is 1. The molecule has 2 heterocycles. The molecule has 33 heavy (non-hydrogen) atoms. The molecule has 0 N–H and O–H groups in total. The van der Waals surface area contributed by atoms with E-state index in [0.29, 0.717) is 22.3 Å². The van der Waals surface area contributed by atoms with E-state index in [-0.39, 0.29) is 11.6 Å². The van der Waals surface area contributed by atoms with Gasteiger partial charge in [-0.2, -0.15) is 0 Å². The Morgan fingerprint density at radius 3 is 2.64 bits per heavy atom. The number of hydrogen-bond acceptors (Lipinski definition) is 6. The van der Waals surface area contributed by atoms with E-state index in [1.165, 1.54) is 23.9 Å². The van der Waals surface area contributed by atoms with Gasteiger partial charge in [0.2, 0.25) is 0 Å². The molecule has 8 nitrogen and oxygen atoms in total. The molecule has 0 spiro atoms. The van der Waals surface area contributed by atoms with E-state index in [0.717, 1.165) is 23.6 Å². The number of ether oxygens (including phenoxy) is 1. The largest absolute Gasteiger partial charge is 0.497 e. The highest BCUT2D eigenvalue weighted by molar-refractivity contribution is 8.18. The van der Waals surface area contributed by atoms with Crippen molar-refractivity contribution < 1.29 is 14.5 Å². The Labute approximate surface area is 195 Å². The topological polar surface area (TPSA) is 90.0 Å². The minimum Gasteiger partial charge on any atom is -0.497 e. The molecular weight excluding hydrogens is 440 g/mol. The number of hydrogen-bond donors (Lipinski definition) is 0. The monoisotopic (exact) mass is 462 g/mol. The number of amidine groups is 1. The van der Waals surface area contributed by atoms with Crippen LogP contribution in [0.5, 0.6) is 5.75 Å². The Hall–Kier alpha value is -3.85. The third kappa shape index (κ3) is 4.83. The van der Waals surface area contributed by atoms with Gasteiger partial charge in [0.25, 0.3) is 11.6 Å². The van der Waals surface area contributed by atoms with E-state index in [4.69, 9.17) is 4.74 Å². The number of nitro benzene ring substituents is 1. The molecule has 1 amide bonds. The lowest BCUT2D eigenvalue weighted by Crippen LogP contribution is -2.29. The molecule has 0 radical (unpaired) electrons. The molecule has 3 aromatic rings. The molecule has 4 rings (SSSR count). The van der Waals surface area contributed by atoms with E-state index in [9.17, 15) is 14.9 Å². The average molecular weight is 463 g/mol. The maximum Gasteiger partial charge on any atom is 0.271 e. The third-order valence-corrected chi connectivity index (χ3v) is 6.02. The van der Waals surface area contributed by atoms with E-state index >= 15 is 0 Å². The lowest BCUT2D eigenvalue weighted by molar-refractivity contribution is -0.384. The van der Waals surface area contributed by atoms with E-state index in [1.807, 2.05) is 54.1 Å². The predicted molar refractivity (Wildman–Crippen MR) is 130 cm³/mol. The van der Waals surface area contributed by atoms with Gasteiger partial charge in [-0.25, -0.2) is 4.99 Å². The first-order chi connectivity index (χ1) is 16.0. The highest BCUT2D eigenvalue weighted by atomic mass is 32.2. The Morgan fingerprint density at radius 1 is 1.15 bits per heavy atom. The lowest BCUT2D eigenvalue weighted by atomic mass is 10.2. The first-order valence-corrected chi connectivity index (χ1v) is 11.2. The number of carbonyl (C=O) groups excluding carboxylic acids is 1. The van der Waals surface area contributed by atoms with Crippen molar-refractivity contribution in [3.8, 4) is 11.4 Å². The average Bonchev–Trinajstić information content (AvgIpc) is 3.40. The number of carbonyl (C=O) groups is 1. The summed E-state index contributed by atoms with van der Waals surface area (Å²) in [5, 5.41) is 11.8. The summed E-state index contributed by atoms with van der Waals surface area (Å²) in [7, 11) is 1.61. The van der Waals surface area contributed by atoms with Crippen LogP contribution >= 0.6 is 11.8 Å². The summed E-state index contributed by atoms with van der Waals surface area (Å²) in [6.45, 7) is 2.57. The van der Waals surface area contributed by atoms with E-state index < -0.39 is 4.92 Å². The second-order valence-corrected chi connectivity index (χ2v) is 8.25. The fourth-order valence-corrected chi connectivity index (χ4v) is 4.43. The van der Waals surface area contributed by atoms with Crippen LogP contribution in [0.25, 0.3) is 11.8 Å². The zero-order valence-electron chi connectivity index (χ0n) is 18.2. The minimum atomic E-state index is -0.425. The number of aromatic nitrogens is 1. The van der Waals surface area contributed by atoms with Crippen molar-refractivity contribution >= 4 is 40.3 Å². The second-order valence-electron chi connectivity index (χ2n) is 7.24. The molecule has 1 fully saturated rings. The van der Waals surface area contributed by atoms with Gasteiger partial charge in [0.15, 0.2) is 5.17 Å². The molecular formula is C24H22N4O4S. The summed E-state index contributed by atoms with van der Waals surface area (Å²) in [6.07, 6.45) is 4.40. The van der Waals surface area contributed by atoms with Crippen LogP contribution in [0.15, 0.2) is 76.8 Å². The molecule has 0 saturated carbocycles. The van der Waals surface area contributed by atoms with Crippen LogP contribution < -0.4 is 4.74 Å². The first kappa shape index (κ1) is 22.3. The Kier molecular flexibility index (Phi) is 6.60. The summed E-state index contributed by atoms with van der Waals surface area (Å²) in [5.41, 5.74) is 2.13. The molecule has 2 aromatic carbocycles. The van der Waals surface area contributed by atoms with Gasteiger partial charge in [-0.15, -0.1) is 0 Å². The fraction of sp³-hybridized carbons (Fsp3) is 0.167. The maximum absolute atomic E-state index is 13.2. The van der Waals surface area contributed by atoms with Crippen LogP contribution in [-0.2, 0) is 4.79 Å². The Balaban J connectivity index is 1.67. The lowest BCUT2D eigenvalue weighted by Gasteiger charge is -2.14. The normalized spacial score (nSPS) is 16.1. The number of thioether (sulfide) groups is 1. The number of nitro groups is 1. The molecule has 1 aliphatic rings. The van der Waals surface area contributed by atoms with Crippen molar-refractivity contribution in [3.63, 3.8) is 0 Å².